The van der Waals surface area contributed by atoms with Crippen LogP contribution < -0.4 is 4.74 Å². The molecular formula is C8H5F3O2S. The molecular weight excluding hydrogens is 217 g/mol. The number of benzene rings is 1. The van der Waals surface area contributed by atoms with Crippen molar-refractivity contribution in [3.05, 3.63) is 23.8 Å². The first-order valence-electron chi connectivity index (χ1n) is 3.46. The summed E-state index contributed by atoms with van der Waals surface area (Å²) in [6.45, 7) is 0. The first-order valence-corrected chi connectivity index (χ1v) is 3.91. The van der Waals surface area contributed by atoms with E-state index in [9.17, 15) is 18.0 Å². The topological polar surface area (TPSA) is 26.3 Å². The van der Waals surface area contributed by atoms with Crippen LogP contribution in [0.4, 0.5) is 13.2 Å². The van der Waals surface area contributed by atoms with Crippen LogP contribution in [0.5, 0.6) is 5.75 Å². The highest BCUT2D eigenvalue weighted by atomic mass is 32.1. The second-order valence-electron chi connectivity index (χ2n) is 2.39. The van der Waals surface area contributed by atoms with Crippen molar-refractivity contribution >= 4 is 18.9 Å². The monoisotopic (exact) mass is 222 g/mol. The van der Waals surface area contributed by atoms with Crippen molar-refractivity contribution in [2.24, 2.45) is 0 Å². The van der Waals surface area contributed by atoms with E-state index in [0.29, 0.717) is 4.90 Å². The minimum Gasteiger partial charge on any atom is -0.405 e. The zero-order chi connectivity index (χ0) is 10.8. The molecule has 0 aliphatic carbocycles. The van der Waals surface area contributed by atoms with E-state index < -0.39 is 12.1 Å². The van der Waals surface area contributed by atoms with Gasteiger partial charge in [0.05, 0.1) is 5.56 Å². The number of hydrogen-bond donors (Lipinski definition) is 1. The van der Waals surface area contributed by atoms with Gasteiger partial charge in [-0.3, -0.25) is 4.79 Å². The standard InChI is InChI=1S/C8H5F3O2S/c9-8(10,11)13-7-2-1-6(14)3-5(7)4-12/h1-4,14H. The Hall–Kier alpha value is -1.17. The Morgan fingerprint density at radius 3 is 2.50 bits per heavy atom. The van der Waals surface area contributed by atoms with Gasteiger partial charge in [0.2, 0.25) is 0 Å². The molecule has 6 heteroatoms. The third-order valence-corrected chi connectivity index (χ3v) is 1.62. The lowest BCUT2D eigenvalue weighted by atomic mass is 10.2. The average Bonchev–Trinajstić information content (AvgIpc) is 2.06. The van der Waals surface area contributed by atoms with Gasteiger partial charge in [0, 0.05) is 4.90 Å². The second-order valence-corrected chi connectivity index (χ2v) is 2.90. The third-order valence-electron chi connectivity index (χ3n) is 1.35. The third kappa shape index (κ3) is 2.95. The molecule has 0 spiro atoms. The number of ether oxygens (including phenoxy) is 1. The van der Waals surface area contributed by atoms with Crippen molar-refractivity contribution in [2.45, 2.75) is 11.3 Å². The van der Waals surface area contributed by atoms with Crippen LogP contribution in [0.3, 0.4) is 0 Å². The molecule has 0 aliphatic heterocycles. The van der Waals surface area contributed by atoms with Crippen LogP contribution in [-0.2, 0) is 0 Å². The van der Waals surface area contributed by atoms with Crippen LogP contribution >= 0.6 is 12.6 Å². The molecule has 0 bridgehead atoms. The fourth-order valence-electron chi connectivity index (χ4n) is 0.846. The lowest BCUT2D eigenvalue weighted by molar-refractivity contribution is -0.274. The van der Waals surface area contributed by atoms with E-state index in [4.69, 9.17) is 0 Å². The predicted molar refractivity (Wildman–Crippen MR) is 45.8 cm³/mol. The minimum absolute atomic E-state index is 0.185. The van der Waals surface area contributed by atoms with Crippen molar-refractivity contribution in [1.29, 1.82) is 0 Å². The summed E-state index contributed by atoms with van der Waals surface area (Å²) in [4.78, 5) is 10.8. The van der Waals surface area contributed by atoms with E-state index >= 15 is 0 Å². The first kappa shape index (κ1) is 10.9. The number of hydrogen-bond acceptors (Lipinski definition) is 3. The molecule has 0 N–H and O–H groups in total. The van der Waals surface area contributed by atoms with Gasteiger partial charge in [-0.05, 0) is 18.2 Å². The number of rotatable bonds is 2. The van der Waals surface area contributed by atoms with Crippen LogP contribution in [0.25, 0.3) is 0 Å². The molecule has 0 radical (unpaired) electrons. The number of carbonyl (C=O) groups excluding carboxylic acids is 1. The quantitative estimate of drug-likeness (QED) is 0.615. The van der Waals surface area contributed by atoms with E-state index in [2.05, 4.69) is 17.4 Å². The summed E-state index contributed by atoms with van der Waals surface area (Å²) in [6.07, 6.45) is -4.52. The molecule has 1 aromatic carbocycles. The van der Waals surface area contributed by atoms with Crippen molar-refractivity contribution in [2.75, 3.05) is 0 Å². The van der Waals surface area contributed by atoms with Gasteiger partial charge >= 0.3 is 6.36 Å². The molecule has 0 amide bonds. The number of alkyl halides is 3. The summed E-state index contributed by atoms with van der Waals surface area (Å²) >= 11 is 3.87. The lowest BCUT2D eigenvalue weighted by Gasteiger charge is -2.10. The summed E-state index contributed by atoms with van der Waals surface area (Å²) in [6, 6.07) is 3.54. The Kier molecular flexibility index (Phi) is 3.05. The minimum atomic E-state index is -4.80. The van der Waals surface area contributed by atoms with Gasteiger partial charge in [-0.2, -0.15) is 0 Å². The highest BCUT2D eigenvalue weighted by Gasteiger charge is 2.32. The molecule has 14 heavy (non-hydrogen) atoms. The molecule has 0 heterocycles. The molecule has 0 aliphatic rings. The van der Waals surface area contributed by atoms with Gasteiger partial charge in [-0.15, -0.1) is 25.8 Å². The summed E-state index contributed by atoms with van der Waals surface area (Å²) < 4.78 is 39.0. The summed E-state index contributed by atoms with van der Waals surface area (Å²) in [7, 11) is 0. The van der Waals surface area contributed by atoms with Crippen molar-refractivity contribution < 1.29 is 22.7 Å². The SMILES string of the molecule is O=Cc1cc(S)ccc1OC(F)(F)F. The van der Waals surface area contributed by atoms with E-state index in [0.717, 1.165) is 6.07 Å². The van der Waals surface area contributed by atoms with Gasteiger partial charge in [-0.25, -0.2) is 0 Å². The molecule has 0 atom stereocenters. The van der Waals surface area contributed by atoms with Crippen molar-refractivity contribution in [1.82, 2.24) is 0 Å². The molecule has 1 rings (SSSR count). The summed E-state index contributed by atoms with van der Waals surface area (Å²) in [5, 5.41) is 0. The summed E-state index contributed by atoms with van der Waals surface area (Å²) in [5.74, 6) is -0.523. The number of carbonyl (C=O) groups is 1. The molecule has 2 nitrogen and oxygen atoms in total. The average molecular weight is 222 g/mol. The Morgan fingerprint density at radius 2 is 2.00 bits per heavy atom. The van der Waals surface area contributed by atoms with Gasteiger partial charge in [0.15, 0.2) is 6.29 Å². The van der Waals surface area contributed by atoms with Crippen LogP contribution in [0.2, 0.25) is 0 Å². The van der Waals surface area contributed by atoms with Gasteiger partial charge in [0.1, 0.15) is 5.75 Å². The van der Waals surface area contributed by atoms with Crippen LogP contribution in [0, 0.1) is 0 Å². The number of halogens is 3. The highest BCUT2D eigenvalue weighted by molar-refractivity contribution is 7.80. The van der Waals surface area contributed by atoms with Gasteiger partial charge in [0.25, 0.3) is 0 Å². The van der Waals surface area contributed by atoms with Crippen molar-refractivity contribution in [3.63, 3.8) is 0 Å². The zero-order valence-corrected chi connectivity index (χ0v) is 7.60. The van der Waals surface area contributed by atoms with E-state index in [1.165, 1.54) is 12.1 Å². The molecule has 0 unspecified atom stereocenters. The lowest BCUT2D eigenvalue weighted by Crippen LogP contribution is -2.18. The first-order chi connectivity index (χ1) is 6.42. The van der Waals surface area contributed by atoms with Crippen LogP contribution in [-0.4, -0.2) is 12.6 Å². The predicted octanol–water partition coefficient (Wildman–Crippen LogP) is 2.69. The number of thiol groups is 1. The number of aldehydes is 1. The Labute approximate surface area is 83.1 Å². The second kappa shape index (κ2) is 3.91. The highest BCUT2D eigenvalue weighted by Crippen LogP contribution is 2.26. The Bertz CT molecular complexity index is 349. The van der Waals surface area contributed by atoms with Crippen molar-refractivity contribution in [3.8, 4) is 5.75 Å². The van der Waals surface area contributed by atoms with Crippen LogP contribution in [0.15, 0.2) is 23.1 Å². The smallest absolute Gasteiger partial charge is 0.405 e. The Balaban J connectivity index is 3.03. The molecule has 76 valence electrons. The van der Waals surface area contributed by atoms with E-state index in [1.807, 2.05) is 0 Å². The van der Waals surface area contributed by atoms with Gasteiger partial charge in [-0.1, -0.05) is 0 Å². The maximum Gasteiger partial charge on any atom is 0.573 e. The largest absolute Gasteiger partial charge is 0.573 e. The van der Waals surface area contributed by atoms with Crippen LogP contribution in [0.1, 0.15) is 10.4 Å². The molecule has 0 fully saturated rings. The Morgan fingerprint density at radius 1 is 1.36 bits per heavy atom. The van der Waals surface area contributed by atoms with E-state index in [1.54, 1.807) is 0 Å². The fraction of sp³-hybridized carbons (Fsp3) is 0.125. The summed E-state index contributed by atoms with van der Waals surface area (Å²) in [5.41, 5.74) is -0.185. The molecule has 0 saturated carbocycles. The normalized spacial score (nSPS) is 11.1. The van der Waals surface area contributed by atoms with Gasteiger partial charge < -0.3 is 4.74 Å². The van der Waals surface area contributed by atoms with E-state index in [-0.39, 0.29) is 11.8 Å². The fourth-order valence-corrected chi connectivity index (χ4v) is 1.06. The molecule has 0 saturated heterocycles. The molecule has 1 aromatic rings. The maximum absolute atomic E-state index is 11.8. The maximum atomic E-state index is 11.8. The molecule has 0 aromatic heterocycles. The zero-order valence-electron chi connectivity index (χ0n) is 6.71.